The van der Waals surface area contributed by atoms with Gasteiger partial charge in [-0.1, -0.05) is 40.5 Å². The minimum absolute atomic E-state index is 0. The molecule has 0 rings (SSSR count). The van der Waals surface area contributed by atoms with E-state index in [1.807, 2.05) is 27.7 Å². The Kier molecular flexibility index (Phi) is 47.0. The number of hydrogen-bond acceptors (Lipinski definition) is 4. The molecule has 0 saturated carbocycles. The quantitative estimate of drug-likeness (QED) is 0.331. The smallest absolute Gasteiger partial charge is 0.396 e. The third-order valence-electron chi connectivity index (χ3n) is 3.77. The predicted molar refractivity (Wildman–Crippen MR) is 106 cm³/mol. The van der Waals surface area contributed by atoms with E-state index in [1.165, 1.54) is 0 Å². The molecule has 0 heterocycles. The van der Waals surface area contributed by atoms with Gasteiger partial charge < -0.3 is 34.3 Å². The maximum atomic E-state index is 9.35. The Morgan fingerprint density at radius 3 is 1.00 bits per heavy atom. The second-order valence-corrected chi connectivity index (χ2v) is 5.41. The Morgan fingerprint density at radius 1 is 0.640 bits per heavy atom. The summed E-state index contributed by atoms with van der Waals surface area (Å²) in [6.45, 7) is 18.3. The van der Waals surface area contributed by atoms with E-state index in [0.29, 0.717) is 0 Å². The third kappa shape index (κ3) is 24.6. The summed E-state index contributed by atoms with van der Waals surface area (Å²) < 4.78 is 0. The van der Waals surface area contributed by atoms with E-state index < -0.39 is 0 Å². The minimum atomic E-state index is -0.306. The zero-order valence-corrected chi connectivity index (χ0v) is 19.2. The van der Waals surface area contributed by atoms with E-state index in [9.17, 15) is 10.2 Å². The van der Waals surface area contributed by atoms with Crippen molar-refractivity contribution in [1.29, 1.82) is 0 Å². The minimum Gasteiger partial charge on any atom is -0.396 e. The monoisotopic (exact) mass is 398 g/mol. The van der Waals surface area contributed by atoms with Crippen molar-refractivity contribution in [3.05, 3.63) is 13.8 Å². The van der Waals surface area contributed by atoms with E-state index in [0.717, 1.165) is 38.5 Å². The van der Waals surface area contributed by atoms with E-state index in [1.54, 1.807) is 13.8 Å². The molecule has 4 nitrogen and oxygen atoms in total. The predicted octanol–water partition coefficient (Wildman–Crippen LogP) is 4.01. The van der Waals surface area contributed by atoms with Crippen LogP contribution in [0.25, 0.3) is 0 Å². The second kappa shape index (κ2) is 32.2. The summed E-state index contributed by atoms with van der Waals surface area (Å²) in [6.07, 6.45) is 4.68. The van der Waals surface area contributed by atoms with Gasteiger partial charge in [-0.25, -0.2) is 0 Å². The van der Waals surface area contributed by atoms with Gasteiger partial charge in [-0.2, -0.15) is 13.8 Å². The van der Waals surface area contributed by atoms with Crippen molar-refractivity contribution in [2.45, 2.75) is 92.3 Å². The second-order valence-electron chi connectivity index (χ2n) is 5.41. The molecular formula is C20H46O4Ti. The maximum absolute atomic E-state index is 9.35. The number of aliphatic hydroxyl groups excluding tert-OH is 4. The van der Waals surface area contributed by atoms with Gasteiger partial charge in [0, 0.05) is 25.0 Å². The SMILES string of the molecule is CCCC(O)C(CC)CO.CCCC(O)C(CC)CO.[CH2-]C.[CH2-]C.[Ti+2]. The molecule has 0 aliphatic rings. The Labute approximate surface area is 173 Å². The van der Waals surface area contributed by atoms with Crippen molar-refractivity contribution in [2.24, 2.45) is 11.8 Å². The van der Waals surface area contributed by atoms with Crippen LogP contribution in [0.5, 0.6) is 0 Å². The van der Waals surface area contributed by atoms with Crippen LogP contribution in [0.2, 0.25) is 0 Å². The molecule has 4 atom stereocenters. The largest absolute Gasteiger partial charge is 2.00 e. The Balaban J connectivity index is -0.0000000858. The molecular weight excluding hydrogens is 352 g/mol. The fourth-order valence-electron chi connectivity index (χ4n) is 2.11. The van der Waals surface area contributed by atoms with Crippen molar-refractivity contribution in [2.75, 3.05) is 13.2 Å². The van der Waals surface area contributed by atoms with E-state index >= 15 is 0 Å². The van der Waals surface area contributed by atoms with Crippen LogP contribution >= 0.6 is 0 Å². The summed E-state index contributed by atoms with van der Waals surface area (Å²) in [5.41, 5.74) is 0. The van der Waals surface area contributed by atoms with Gasteiger partial charge in [0.25, 0.3) is 0 Å². The summed E-state index contributed by atoms with van der Waals surface area (Å²) in [5.74, 6) is 0.167. The van der Waals surface area contributed by atoms with E-state index in [2.05, 4.69) is 13.8 Å². The average Bonchev–Trinajstić information content (AvgIpc) is 2.62. The molecule has 4 unspecified atom stereocenters. The number of hydrogen-bond donors (Lipinski definition) is 4. The normalized spacial score (nSPS) is 13.9. The number of aliphatic hydroxyl groups is 4. The molecule has 0 aromatic rings. The molecule has 0 bridgehead atoms. The zero-order chi connectivity index (χ0) is 20.0. The molecule has 0 amide bonds. The topological polar surface area (TPSA) is 80.9 Å². The van der Waals surface area contributed by atoms with Crippen molar-refractivity contribution >= 4 is 0 Å². The summed E-state index contributed by atoms with van der Waals surface area (Å²) >= 11 is 0. The third-order valence-corrected chi connectivity index (χ3v) is 3.77. The van der Waals surface area contributed by atoms with Crippen LogP contribution in [0.4, 0.5) is 0 Å². The Hall–Kier alpha value is 0.554. The van der Waals surface area contributed by atoms with Gasteiger partial charge in [0.2, 0.25) is 0 Å². The van der Waals surface area contributed by atoms with Crippen molar-refractivity contribution in [1.82, 2.24) is 0 Å². The molecule has 25 heavy (non-hydrogen) atoms. The fraction of sp³-hybridized carbons (Fsp3) is 0.900. The molecule has 0 aromatic carbocycles. The van der Waals surface area contributed by atoms with Gasteiger partial charge in [-0.05, 0) is 25.7 Å². The Morgan fingerprint density at radius 2 is 0.880 bits per heavy atom. The molecule has 4 N–H and O–H groups in total. The van der Waals surface area contributed by atoms with Crippen molar-refractivity contribution in [3.63, 3.8) is 0 Å². The molecule has 0 fully saturated rings. The molecule has 0 aliphatic heterocycles. The maximum Gasteiger partial charge on any atom is 2.00 e. The first-order valence-corrected chi connectivity index (χ1v) is 9.51. The molecule has 154 valence electrons. The van der Waals surface area contributed by atoms with Crippen LogP contribution in [-0.2, 0) is 21.7 Å². The summed E-state index contributed by atoms with van der Waals surface area (Å²) in [7, 11) is 0. The van der Waals surface area contributed by atoms with Crippen LogP contribution < -0.4 is 0 Å². The van der Waals surface area contributed by atoms with Gasteiger partial charge in [-0.15, -0.1) is 0 Å². The van der Waals surface area contributed by atoms with E-state index in [4.69, 9.17) is 10.2 Å². The van der Waals surface area contributed by atoms with Gasteiger partial charge in [-0.3, -0.25) is 0 Å². The average molecular weight is 398 g/mol. The molecule has 0 aliphatic carbocycles. The number of rotatable bonds is 10. The van der Waals surface area contributed by atoms with Gasteiger partial charge >= 0.3 is 21.7 Å². The summed E-state index contributed by atoms with van der Waals surface area (Å²) in [5, 5.41) is 36.2. The van der Waals surface area contributed by atoms with Gasteiger partial charge in [0.05, 0.1) is 12.2 Å². The molecule has 5 heteroatoms. The summed E-state index contributed by atoms with van der Waals surface area (Å²) in [4.78, 5) is 0. The van der Waals surface area contributed by atoms with Crippen LogP contribution in [0.15, 0.2) is 0 Å². The van der Waals surface area contributed by atoms with Gasteiger partial charge in [0.1, 0.15) is 0 Å². The zero-order valence-electron chi connectivity index (χ0n) is 17.7. The Bertz CT molecular complexity index is 167. The van der Waals surface area contributed by atoms with Crippen molar-refractivity contribution in [3.8, 4) is 0 Å². The van der Waals surface area contributed by atoms with Crippen LogP contribution in [0.3, 0.4) is 0 Å². The first-order chi connectivity index (χ1) is 11.5. The molecule has 0 spiro atoms. The van der Waals surface area contributed by atoms with Crippen LogP contribution in [-0.4, -0.2) is 45.8 Å². The fourth-order valence-corrected chi connectivity index (χ4v) is 2.11. The first kappa shape index (κ1) is 36.5. The van der Waals surface area contributed by atoms with Crippen LogP contribution in [0.1, 0.15) is 80.1 Å². The van der Waals surface area contributed by atoms with Crippen LogP contribution in [0, 0.1) is 25.7 Å². The standard InChI is InChI=1S/2C8H18O2.2C2H5.Ti/c2*1-3-5-8(10)7(4-2)6-9;2*1-2;/h2*7-10H,3-6H2,1-2H3;2*1H2,2H3;/q;;2*-1;+2. The van der Waals surface area contributed by atoms with Gasteiger partial charge in [0.15, 0.2) is 0 Å². The molecule has 0 radical (unpaired) electrons. The molecule has 0 saturated heterocycles. The van der Waals surface area contributed by atoms with E-state index in [-0.39, 0.29) is 59.0 Å². The molecule has 0 aromatic heterocycles. The van der Waals surface area contributed by atoms with Crippen molar-refractivity contribution < 1.29 is 42.1 Å². The first-order valence-electron chi connectivity index (χ1n) is 9.51. The summed E-state index contributed by atoms with van der Waals surface area (Å²) in [6, 6.07) is 0.